The van der Waals surface area contributed by atoms with Crippen LogP contribution in [0.1, 0.15) is 17.2 Å². The molecule has 0 aliphatic carbocycles. The fourth-order valence-electron chi connectivity index (χ4n) is 2.97. The number of halogens is 1. The number of benzene rings is 2. The lowest BCUT2D eigenvalue weighted by molar-refractivity contribution is 0.105. The number of anilines is 1. The molecule has 6 nitrogen and oxygen atoms in total. The summed E-state index contributed by atoms with van der Waals surface area (Å²) >= 11 is 0. The van der Waals surface area contributed by atoms with Crippen LogP contribution < -0.4 is 14.8 Å². The molecular weight excluding hydrogens is 327 g/mol. The molecule has 0 fully saturated rings. The van der Waals surface area contributed by atoms with Gasteiger partial charge in [-0.05, 0) is 36.4 Å². The molecule has 1 aliphatic heterocycles. The minimum absolute atomic E-state index is 0.115. The molecule has 7 heteroatoms. The first-order valence-corrected chi connectivity index (χ1v) is 7.76. The lowest BCUT2D eigenvalue weighted by atomic mass is 9.95. The third-order valence-corrected chi connectivity index (χ3v) is 4.17. The summed E-state index contributed by atoms with van der Waals surface area (Å²) in [6.07, 6.45) is -0.896. The first-order valence-electron chi connectivity index (χ1n) is 7.76. The Balaban J connectivity index is 1.85. The van der Waals surface area contributed by atoms with E-state index >= 15 is 0 Å². The molecule has 0 radical (unpaired) electrons. The average Bonchev–Trinajstić information content (AvgIpc) is 2.62. The van der Waals surface area contributed by atoms with Crippen molar-refractivity contribution in [1.29, 1.82) is 0 Å². The molecule has 1 atom stereocenters. The summed E-state index contributed by atoms with van der Waals surface area (Å²) in [4.78, 5) is 14.0. The molecule has 3 rings (SSSR count). The lowest BCUT2D eigenvalue weighted by Gasteiger charge is -2.34. The summed E-state index contributed by atoms with van der Waals surface area (Å²) in [5.74, 6) is 0.758. The van der Waals surface area contributed by atoms with Crippen LogP contribution in [0.25, 0.3) is 0 Å². The average molecular weight is 346 g/mol. The van der Waals surface area contributed by atoms with E-state index in [0.717, 1.165) is 0 Å². The molecule has 2 amide bonds. The van der Waals surface area contributed by atoms with Crippen LogP contribution in [0.5, 0.6) is 11.5 Å². The Morgan fingerprint density at radius 3 is 2.44 bits per heavy atom. The van der Waals surface area contributed by atoms with Gasteiger partial charge in [-0.15, -0.1) is 0 Å². The van der Waals surface area contributed by atoms with E-state index in [0.29, 0.717) is 28.3 Å². The normalized spacial score (nSPS) is 16.2. The van der Waals surface area contributed by atoms with Crippen molar-refractivity contribution in [3.05, 3.63) is 53.3 Å². The molecule has 0 unspecified atom stereocenters. The van der Waals surface area contributed by atoms with Crippen molar-refractivity contribution in [3.63, 3.8) is 0 Å². The van der Waals surface area contributed by atoms with Gasteiger partial charge in [0.1, 0.15) is 23.4 Å². The Morgan fingerprint density at radius 2 is 1.80 bits per heavy atom. The van der Waals surface area contributed by atoms with E-state index in [9.17, 15) is 14.3 Å². The number of ether oxygens (including phenoxy) is 2. The van der Waals surface area contributed by atoms with Gasteiger partial charge in [0.25, 0.3) is 0 Å². The number of nitrogens with zero attached hydrogens (tertiary/aromatic N) is 1. The molecule has 132 valence electrons. The number of hydrogen-bond acceptors (Lipinski definition) is 4. The van der Waals surface area contributed by atoms with Crippen molar-refractivity contribution in [2.45, 2.75) is 12.6 Å². The molecule has 2 aromatic rings. The van der Waals surface area contributed by atoms with Gasteiger partial charge in [-0.25, -0.2) is 9.18 Å². The van der Waals surface area contributed by atoms with Gasteiger partial charge in [-0.1, -0.05) is 0 Å². The van der Waals surface area contributed by atoms with Gasteiger partial charge in [-0.3, -0.25) is 0 Å². The van der Waals surface area contributed by atoms with Gasteiger partial charge in [0.15, 0.2) is 0 Å². The van der Waals surface area contributed by atoms with Crippen LogP contribution in [0.4, 0.5) is 14.9 Å². The highest BCUT2D eigenvalue weighted by Gasteiger charge is 2.31. The van der Waals surface area contributed by atoms with Crippen LogP contribution in [0.15, 0.2) is 36.4 Å². The Kier molecular flexibility index (Phi) is 4.76. The van der Waals surface area contributed by atoms with Crippen molar-refractivity contribution in [2.75, 3.05) is 26.1 Å². The van der Waals surface area contributed by atoms with Gasteiger partial charge in [0.05, 0.1) is 27.3 Å². The zero-order valence-corrected chi connectivity index (χ0v) is 14.0. The molecule has 25 heavy (non-hydrogen) atoms. The van der Waals surface area contributed by atoms with Crippen LogP contribution in [0.2, 0.25) is 0 Å². The topological polar surface area (TPSA) is 71.0 Å². The maximum atomic E-state index is 13.0. The summed E-state index contributed by atoms with van der Waals surface area (Å²) < 4.78 is 23.6. The van der Waals surface area contributed by atoms with Crippen LogP contribution in [-0.4, -0.2) is 36.8 Å². The van der Waals surface area contributed by atoms with E-state index in [1.54, 1.807) is 12.1 Å². The Labute approximate surface area is 144 Å². The second-order valence-electron chi connectivity index (χ2n) is 5.70. The fraction of sp³-hybridized carbons (Fsp3) is 0.278. The number of rotatable bonds is 3. The summed E-state index contributed by atoms with van der Waals surface area (Å²) in [5.41, 5.74) is 1.81. The number of fused-ring (bicyclic) bond motifs is 1. The van der Waals surface area contributed by atoms with Gasteiger partial charge in [0.2, 0.25) is 0 Å². The number of urea groups is 1. The van der Waals surface area contributed by atoms with Gasteiger partial charge >= 0.3 is 6.03 Å². The monoisotopic (exact) mass is 346 g/mol. The Bertz CT molecular complexity index is 779. The second-order valence-corrected chi connectivity index (χ2v) is 5.70. The van der Waals surface area contributed by atoms with Gasteiger partial charge in [-0.2, -0.15) is 0 Å². The summed E-state index contributed by atoms with van der Waals surface area (Å²) in [6.45, 7) is 0.378. The highest BCUT2D eigenvalue weighted by molar-refractivity contribution is 5.89. The SMILES string of the molecule is COc1ccc(OC)c2c1CN(C(=O)Nc1ccc(F)cc1)C[C@@H]2O. The Hall–Kier alpha value is -2.80. The van der Waals surface area contributed by atoms with E-state index in [2.05, 4.69) is 5.32 Å². The first kappa shape index (κ1) is 17.0. The second kappa shape index (κ2) is 6.98. The number of methoxy groups -OCH3 is 2. The minimum Gasteiger partial charge on any atom is -0.496 e. The smallest absolute Gasteiger partial charge is 0.322 e. The van der Waals surface area contributed by atoms with Crippen LogP contribution in [0.3, 0.4) is 0 Å². The molecule has 0 saturated carbocycles. The van der Waals surface area contributed by atoms with E-state index in [4.69, 9.17) is 9.47 Å². The molecule has 0 aromatic heterocycles. The van der Waals surface area contributed by atoms with Crippen molar-refractivity contribution in [2.24, 2.45) is 0 Å². The van der Waals surface area contributed by atoms with Crippen molar-refractivity contribution >= 4 is 11.7 Å². The van der Waals surface area contributed by atoms with Crippen LogP contribution in [-0.2, 0) is 6.54 Å². The predicted octanol–water partition coefficient (Wildman–Crippen LogP) is 2.92. The minimum atomic E-state index is -0.896. The Morgan fingerprint density at radius 1 is 1.16 bits per heavy atom. The number of aliphatic hydroxyl groups is 1. The zero-order chi connectivity index (χ0) is 18.0. The van der Waals surface area contributed by atoms with E-state index in [1.807, 2.05) is 0 Å². The maximum absolute atomic E-state index is 13.0. The molecule has 2 N–H and O–H groups in total. The maximum Gasteiger partial charge on any atom is 0.322 e. The molecule has 1 heterocycles. The van der Waals surface area contributed by atoms with Crippen molar-refractivity contribution in [1.82, 2.24) is 4.90 Å². The number of nitrogens with one attached hydrogen (secondary N) is 1. The largest absolute Gasteiger partial charge is 0.496 e. The van der Waals surface area contributed by atoms with Crippen molar-refractivity contribution < 1.29 is 23.8 Å². The highest BCUT2D eigenvalue weighted by Crippen LogP contribution is 2.39. The van der Waals surface area contributed by atoms with Crippen molar-refractivity contribution in [3.8, 4) is 11.5 Å². The molecule has 0 spiro atoms. The number of β-amino-alcohol motifs (C(OH)–C–C–N with tert-alkyl or cyclic N) is 1. The number of aliphatic hydroxyl groups excluding tert-OH is 1. The summed E-state index contributed by atoms with van der Waals surface area (Å²) in [7, 11) is 3.06. The number of hydrogen-bond donors (Lipinski definition) is 2. The van der Waals surface area contributed by atoms with E-state index in [-0.39, 0.29) is 24.9 Å². The van der Waals surface area contributed by atoms with Gasteiger partial charge < -0.3 is 24.8 Å². The van der Waals surface area contributed by atoms with Crippen LogP contribution in [0, 0.1) is 5.82 Å². The van der Waals surface area contributed by atoms with E-state index < -0.39 is 6.10 Å². The quantitative estimate of drug-likeness (QED) is 0.896. The summed E-state index contributed by atoms with van der Waals surface area (Å²) in [5, 5.41) is 13.2. The van der Waals surface area contributed by atoms with E-state index in [1.165, 1.54) is 43.4 Å². The molecule has 0 saturated heterocycles. The molecular formula is C18H19FN2O4. The number of carbonyl (C=O) groups excluding carboxylic acids is 1. The third kappa shape index (κ3) is 3.36. The van der Waals surface area contributed by atoms with Gasteiger partial charge in [0, 0.05) is 16.8 Å². The summed E-state index contributed by atoms with van der Waals surface area (Å²) in [6, 6.07) is 8.58. The molecule has 1 aliphatic rings. The fourth-order valence-corrected chi connectivity index (χ4v) is 2.97. The number of carbonyl (C=O) groups is 1. The first-order chi connectivity index (χ1) is 12.0. The number of amides is 2. The molecule has 0 bridgehead atoms. The zero-order valence-electron chi connectivity index (χ0n) is 14.0. The molecule has 2 aromatic carbocycles. The highest BCUT2D eigenvalue weighted by atomic mass is 19.1. The predicted molar refractivity (Wildman–Crippen MR) is 90.3 cm³/mol. The third-order valence-electron chi connectivity index (χ3n) is 4.17. The standard InChI is InChI=1S/C18H19FN2O4/c1-24-15-7-8-16(25-2)17-13(15)9-21(10-14(17)22)18(23)20-12-5-3-11(19)4-6-12/h3-8,14,22H,9-10H2,1-2H3,(H,20,23)/t14-/m0/s1. The van der Waals surface area contributed by atoms with Crippen LogP contribution >= 0.6 is 0 Å². The lowest BCUT2D eigenvalue weighted by Crippen LogP contribution is -2.41.